The van der Waals surface area contributed by atoms with Crippen LogP contribution in [-0.2, 0) is 24.6 Å². The minimum atomic E-state index is -1.66. The van der Waals surface area contributed by atoms with Crippen molar-refractivity contribution in [1.82, 2.24) is 5.01 Å². The number of phenolic OH excluding ortho intramolecular Hbond substituents is 1. The van der Waals surface area contributed by atoms with Crippen LogP contribution in [0.3, 0.4) is 0 Å². The SMILES string of the molecule is COc1ccc([C@@]23C(=O)N(Nc4ccc(Cl)cc4Cl)C(=O)[C@@H]2C[C@@H]2C(=CC[C@@H]4C(=O)N(c5cccc([N+](=O)[O-])c5)C(=O)[C@@H]42)[C@@H]3c2cc(Br)c(O)c(OC)c2)cc1. The number of phenols is 1. The van der Waals surface area contributed by atoms with E-state index in [1.165, 1.54) is 44.6 Å². The highest BCUT2D eigenvalue weighted by Crippen LogP contribution is 2.65. The van der Waals surface area contributed by atoms with Crippen LogP contribution in [0.1, 0.15) is 29.9 Å². The first kappa shape index (κ1) is 37.5. The Labute approximate surface area is 338 Å². The zero-order valence-corrected chi connectivity index (χ0v) is 32.7. The minimum absolute atomic E-state index is 0.00911. The zero-order valence-electron chi connectivity index (χ0n) is 29.6. The molecule has 16 heteroatoms. The lowest BCUT2D eigenvalue weighted by Crippen LogP contribution is -2.53. The molecule has 286 valence electrons. The number of non-ortho nitro benzene ring substituents is 1. The van der Waals surface area contributed by atoms with Gasteiger partial charge in [0.25, 0.3) is 17.5 Å². The summed E-state index contributed by atoms with van der Waals surface area (Å²) in [5, 5.41) is 24.0. The lowest BCUT2D eigenvalue weighted by molar-refractivity contribution is -0.384. The molecule has 0 radical (unpaired) electrons. The second-order valence-electron chi connectivity index (χ2n) is 14.1. The predicted molar refractivity (Wildman–Crippen MR) is 209 cm³/mol. The van der Waals surface area contributed by atoms with Gasteiger partial charge in [-0.15, -0.1) is 0 Å². The monoisotopic (exact) mass is 860 g/mol. The van der Waals surface area contributed by atoms with Gasteiger partial charge in [-0.25, -0.2) is 4.90 Å². The van der Waals surface area contributed by atoms with Crippen LogP contribution >= 0.6 is 39.1 Å². The molecule has 2 aliphatic heterocycles. The number of imide groups is 2. The van der Waals surface area contributed by atoms with Crippen molar-refractivity contribution in [3.8, 4) is 17.2 Å². The number of hydrogen-bond donors (Lipinski definition) is 2. The Bertz CT molecular complexity index is 2410. The Morgan fingerprint density at radius 1 is 0.929 bits per heavy atom. The summed E-state index contributed by atoms with van der Waals surface area (Å²) in [6.45, 7) is 0. The molecule has 3 fully saturated rings. The summed E-state index contributed by atoms with van der Waals surface area (Å²) in [6.07, 6.45) is 1.98. The van der Waals surface area contributed by atoms with E-state index in [1.54, 1.807) is 48.5 Å². The Morgan fingerprint density at radius 2 is 1.68 bits per heavy atom. The van der Waals surface area contributed by atoms with E-state index < -0.39 is 63.6 Å². The number of aromatic hydroxyl groups is 1. The normalized spacial score (nSPS) is 25.4. The summed E-state index contributed by atoms with van der Waals surface area (Å²) in [5.74, 6) is -6.45. The molecule has 13 nitrogen and oxygen atoms in total. The smallest absolute Gasteiger partial charge is 0.271 e. The Kier molecular flexibility index (Phi) is 9.33. The van der Waals surface area contributed by atoms with Crippen molar-refractivity contribution in [2.24, 2.45) is 23.7 Å². The average Bonchev–Trinajstić information content (AvgIpc) is 3.57. The van der Waals surface area contributed by atoms with Crippen LogP contribution in [0.2, 0.25) is 10.0 Å². The maximum absolute atomic E-state index is 15.5. The van der Waals surface area contributed by atoms with E-state index in [0.717, 1.165) is 9.91 Å². The van der Waals surface area contributed by atoms with Crippen molar-refractivity contribution in [3.05, 3.63) is 126 Å². The third kappa shape index (κ3) is 5.56. The number of amides is 4. The fourth-order valence-electron chi connectivity index (χ4n) is 9.13. The molecule has 4 aromatic carbocycles. The number of rotatable bonds is 8. The maximum Gasteiger partial charge on any atom is 0.271 e. The summed E-state index contributed by atoms with van der Waals surface area (Å²) < 4.78 is 11.3. The highest BCUT2D eigenvalue weighted by molar-refractivity contribution is 9.10. The Balaban J connectivity index is 1.34. The van der Waals surface area contributed by atoms with E-state index in [1.807, 2.05) is 6.08 Å². The van der Waals surface area contributed by atoms with Crippen molar-refractivity contribution in [2.45, 2.75) is 24.2 Å². The molecule has 2 aliphatic carbocycles. The molecule has 0 spiro atoms. The summed E-state index contributed by atoms with van der Waals surface area (Å²) in [5.41, 5.74) is 2.94. The van der Waals surface area contributed by atoms with Gasteiger partial charge in [-0.2, -0.15) is 5.01 Å². The minimum Gasteiger partial charge on any atom is -0.503 e. The maximum atomic E-state index is 15.5. The number of methoxy groups -OCH3 is 2. The van der Waals surface area contributed by atoms with Gasteiger partial charge in [0.1, 0.15) is 5.75 Å². The molecule has 4 aliphatic rings. The molecule has 0 unspecified atom stereocenters. The molecular formula is C40H31BrCl2N4O9. The van der Waals surface area contributed by atoms with Crippen molar-refractivity contribution in [1.29, 1.82) is 0 Å². The van der Waals surface area contributed by atoms with E-state index in [9.17, 15) is 29.6 Å². The molecule has 2 N–H and O–H groups in total. The number of nitro groups is 1. The first-order chi connectivity index (χ1) is 26.8. The van der Waals surface area contributed by atoms with Gasteiger partial charge in [-0.1, -0.05) is 53.1 Å². The number of carbonyl (C=O) groups excluding carboxylic acids is 4. The summed E-state index contributed by atoms with van der Waals surface area (Å²) >= 11 is 16.2. The lowest BCUT2D eigenvalue weighted by Gasteiger charge is -2.50. The number of nitrogens with one attached hydrogen (secondary N) is 1. The molecule has 4 amide bonds. The second-order valence-corrected chi connectivity index (χ2v) is 15.8. The second kappa shape index (κ2) is 13.9. The van der Waals surface area contributed by atoms with E-state index in [4.69, 9.17) is 32.7 Å². The number of halogens is 3. The van der Waals surface area contributed by atoms with Crippen LogP contribution in [0.15, 0.2) is 95.0 Å². The average molecular weight is 863 g/mol. The van der Waals surface area contributed by atoms with Gasteiger partial charge < -0.3 is 14.6 Å². The molecule has 8 rings (SSSR count). The number of hydrogen-bond acceptors (Lipinski definition) is 10. The number of carbonyl (C=O) groups is 4. The molecule has 6 atom stereocenters. The molecule has 1 saturated carbocycles. The summed E-state index contributed by atoms with van der Waals surface area (Å²) in [7, 11) is 2.90. The number of hydrazine groups is 1. The van der Waals surface area contributed by atoms with Crippen molar-refractivity contribution in [3.63, 3.8) is 0 Å². The first-order valence-electron chi connectivity index (χ1n) is 17.4. The van der Waals surface area contributed by atoms with E-state index in [-0.39, 0.29) is 50.9 Å². The van der Waals surface area contributed by atoms with E-state index in [0.29, 0.717) is 27.5 Å². The largest absolute Gasteiger partial charge is 0.503 e. The standard InChI is InChI=1S/C40H31BrCl2N4O9/c1-55-24-9-6-20(7-10-24)40-28(37(50)46(39(40)52)44-31-13-8-21(42)16-30(31)43)18-27-25(34(40)19-14-29(41)35(48)32(15-19)56-2)11-12-26-33(27)38(51)45(36(26)49)22-4-3-5-23(17-22)47(53)54/h3-11,13-17,26-28,33-34,44,48H,12,18H2,1-2H3/t26-,27+,28-,33-,34-,40+/m0/s1. The predicted octanol–water partition coefficient (Wildman–Crippen LogP) is 7.58. The highest BCUT2D eigenvalue weighted by Gasteiger charge is 2.70. The van der Waals surface area contributed by atoms with Crippen LogP contribution in [-0.4, -0.2) is 52.9 Å². The van der Waals surface area contributed by atoms with Crippen molar-refractivity contribution < 1.29 is 38.7 Å². The van der Waals surface area contributed by atoms with Crippen LogP contribution in [0.25, 0.3) is 0 Å². The van der Waals surface area contributed by atoms with Crippen LogP contribution in [0.4, 0.5) is 17.1 Å². The molecule has 4 aromatic rings. The summed E-state index contributed by atoms with van der Waals surface area (Å²) in [6, 6.07) is 20.0. The first-order valence-corrected chi connectivity index (χ1v) is 19.0. The number of benzene rings is 4. The van der Waals surface area contributed by atoms with E-state index >= 15 is 4.79 Å². The lowest BCUT2D eigenvalue weighted by atomic mass is 9.49. The van der Waals surface area contributed by atoms with Gasteiger partial charge in [0.05, 0.1) is 63.2 Å². The number of nitro benzene ring substituents is 1. The van der Waals surface area contributed by atoms with Gasteiger partial charge in [0.15, 0.2) is 11.5 Å². The van der Waals surface area contributed by atoms with Crippen LogP contribution in [0.5, 0.6) is 17.2 Å². The van der Waals surface area contributed by atoms with Gasteiger partial charge in [-0.05, 0) is 94.3 Å². The van der Waals surface area contributed by atoms with Gasteiger partial charge >= 0.3 is 0 Å². The molecule has 0 bridgehead atoms. The number of fused-ring (bicyclic) bond motifs is 4. The third-order valence-electron chi connectivity index (χ3n) is 11.5. The van der Waals surface area contributed by atoms with Crippen LogP contribution in [0, 0.1) is 33.8 Å². The van der Waals surface area contributed by atoms with Crippen molar-refractivity contribution >= 4 is 79.8 Å². The zero-order chi connectivity index (χ0) is 39.8. The van der Waals surface area contributed by atoms with Crippen molar-refractivity contribution in [2.75, 3.05) is 24.5 Å². The third-order valence-corrected chi connectivity index (χ3v) is 12.6. The van der Waals surface area contributed by atoms with E-state index in [2.05, 4.69) is 21.4 Å². The molecule has 0 aromatic heterocycles. The van der Waals surface area contributed by atoms with Crippen LogP contribution < -0.4 is 19.8 Å². The fourth-order valence-corrected chi connectivity index (χ4v) is 10.0. The summed E-state index contributed by atoms with van der Waals surface area (Å²) in [4.78, 5) is 71.2. The number of nitrogens with zero attached hydrogens (tertiary/aromatic N) is 3. The Morgan fingerprint density at radius 3 is 2.36 bits per heavy atom. The number of allylic oxidation sites excluding steroid dienone is 2. The molecule has 2 saturated heterocycles. The number of anilines is 2. The van der Waals surface area contributed by atoms with Gasteiger partial charge in [0.2, 0.25) is 11.8 Å². The molecule has 56 heavy (non-hydrogen) atoms. The molecular weight excluding hydrogens is 831 g/mol. The highest BCUT2D eigenvalue weighted by atomic mass is 79.9. The topological polar surface area (TPSA) is 169 Å². The van der Waals surface area contributed by atoms with Gasteiger partial charge in [-0.3, -0.25) is 34.7 Å². The molecule has 2 heterocycles. The van der Waals surface area contributed by atoms with Gasteiger partial charge in [0, 0.05) is 23.1 Å². The quantitative estimate of drug-likeness (QED) is 0.0780. The Hall–Kier alpha value is -5.44. The number of ether oxygens (including phenoxy) is 2. The fraction of sp³-hybridized carbons (Fsp3) is 0.250.